The number of allylic oxidation sites excluding steroid dienone is 5. The monoisotopic (exact) mass is 379 g/mol. The second kappa shape index (κ2) is 11.0. The molecule has 1 unspecified atom stereocenters. The van der Waals surface area contributed by atoms with Crippen LogP contribution in [0.2, 0.25) is 0 Å². The van der Waals surface area contributed by atoms with Gasteiger partial charge in [0.2, 0.25) is 0 Å². The first-order chi connectivity index (χ1) is 13.5. The third-order valence-electron chi connectivity index (χ3n) is 5.42. The van der Waals surface area contributed by atoms with Gasteiger partial charge in [-0.1, -0.05) is 49.9 Å². The van der Waals surface area contributed by atoms with Crippen LogP contribution >= 0.6 is 0 Å². The van der Waals surface area contributed by atoms with Crippen LogP contribution in [0.1, 0.15) is 63.1 Å². The number of rotatable bonds is 10. The smallest absolute Gasteiger partial charge is 0.0326 e. The Labute approximate surface area is 171 Å². The zero-order valence-corrected chi connectivity index (χ0v) is 18.1. The van der Waals surface area contributed by atoms with Gasteiger partial charge in [0.05, 0.1) is 0 Å². The number of nitrogens with one attached hydrogen (secondary N) is 1. The molecular formula is C25H37N3. The van der Waals surface area contributed by atoms with Gasteiger partial charge in [0, 0.05) is 24.8 Å². The molecule has 0 bridgehead atoms. The quantitative estimate of drug-likeness (QED) is 0.316. The maximum atomic E-state index is 5.68. The molecule has 0 aromatic heterocycles. The molecule has 0 aliphatic heterocycles. The molecule has 0 amide bonds. The largest absolute Gasteiger partial charge is 0.372 e. The fraction of sp³-hybridized carbons (Fsp3) is 0.440. The Balaban J connectivity index is 2.35. The molecule has 1 aromatic carbocycles. The zero-order valence-electron chi connectivity index (χ0n) is 18.1. The molecule has 2 rings (SSSR count). The van der Waals surface area contributed by atoms with E-state index in [0.29, 0.717) is 0 Å². The third kappa shape index (κ3) is 5.95. The fourth-order valence-corrected chi connectivity index (χ4v) is 3.67. The van der Waals surface area contributed by atoms with Crippen LogP contribution in [0.5, 0.6) is 0 Å². The minimum atomic E-state index is 0.196. The molecule has 3 heteroatoms. The number of benzene rings is 1. The Morgan fingerprint density at radius 2 is 2.14 bits per heavy atom. The zero-order chi connectivity index (χ0) is 20.5. The van der Waals surface area contributed by atoms with E-state index in [4.69, 9.17) is 5.84 Å². The number of hydrogen-bond donors (Lipinski definition) is 2. The van der Waals surface area contributed by atoms with Crippen LogP contribution in [0.4, 0.5) is 0 Å². The number of nitrogens with two attached hydrogens (primary N) is 1. The van der Waals surface area contributed by atoms with E-state index in [1.807, 2.05) is 0 Å². The number of hydrazine groups is 1. The van der Waals surface area contributed by atoms with Gasteiger partial charge >= 0.3 is 0 Å². The van der Waals surface area contributed by atoms with E-state index in [1.165, 1.54) is 27.8 Å². The van der Waals surface area contributed by atoms with E-state index >= 15 is 0 Å². The van der Waals surface area contributed by atoms with Crippen LogP contribution in [0.3, 0.4) is 0 Å². The van der Waals surface area contributed by atoms with Crippen molar-refractivity contribution in [3.05, 3.63) is 71.0 Å². The van der Waals surface area contributed by atoms with Gasteiger partial charge < -0.3 is 4.90 Å². The fourth-order valence-electron chi connectivity index (χ4n) is 3.67. The van der Waals surface area contributed by atoms with Gasteiger partial charge in [0.1, 0.15) is 0 Å². The van der Waals surface area contributed by atoms with Crippen molar-refractivity contribution in [2.45, 2.75) is 59.4 Å². The van der Waals surface area contributed by atoms with Crippen molar-refractivity contribution in [1.29, 1.82) is 0 Å². The Hall–Kier alpha value is -2.10. The summed E-state index contributed by atoms with van der Waals surface area (Å²) in [5.41, 5.74) is 10.5. The Bertz CT molecular complexity index is 755. The summed E-state index contributed by atoms with van der Waals surface area (Å²) < 4.78 is 0. The molecule has 1 aliphatic rings. The molecule has 152 valence electrons. The SMILES string of the molecule is C=C(/C(=C/c1ccc(C2=CC=CCC2)cc1C)CC(C)NN)N(CC)CCC. The lowest BCUT2D eigenvalue weighted by molar-refractivity contribution is 0.366. The number of aryl methyl sites for hydroxylation is 1. The lowest BCUT2D eigenvalue weighted by Gasteiger charge is -2.28. The highest BCUT2D eigenvalue weighted by Crippen LogP contribution is 2.28. The van der Waals surface area contributed by atoms with Gasteiger partial charge in [-0.25, -0.2) is 0 Å². The first kappa shape index (κ1) is 22.2. The van der Waals surface area contributed by atoms with E-state index in [9.17, 15) is 0 Å². The maximum Gasteiger partial charge on any atom is 0.0326 e. The first-order valence-electron chi connectivity index (χ1n) is 10.6. The van der Waals surface area contributed by atoms with Gasteiger partial charge in [-0.05, 0) is 80.4 Å². The van der Waals surface area contributed by atoms with Crippen molar-refractivity contribution in [2.75, 3.05) is 13.1 Å². The predicted molar refractivity (Wildman–Crippen MR) is 124 cm³/mol. The summed E-state index contributed by atoms with van der Waals surface area (Å²) in [5.74, 6) is 5.68. The molecular weight excluding hydrogens is 342 g/mol. The van der Waals surface area contributed by atoms with Crippen LogP contribution in [0, 0.1) is 6.92 Å². The average molecular weight is 380 g/mol. The first-order valence-corrected chi connectivity index (χ1v) is 10.6. The molecule has 0 spiro atoms. The summed E-state index contributed by atoms with van der Waals surface area (Å²) in [7, 11) is 0. The maximum absolute atomic E-state index is 5.68. The number of nitrogens with zero attached hydrogens (tertiary/aromatic N) is 1. The van der Waals surface area contributed by atoms with Crippen molar-refractivity contribution in [3.63, 3.8) is 0 Å². The molecule has 1 aliphatic carbocycles. The summed E-state index contributed by atoms with van der Waals surface area (Å²) in [6.45, 7) is 15.1. The molecule has 0 fully saturated rings. The molecule has 1 aromatic rings. The van der Waals surface area contributed by atoms with Crippen molar-refractivity contribution < 1.29 is 0 Å². The average Bonchev–Trinajstić information content (AvgIpc) is 2.72. The van der Waals surface area contributed by atoms with Crippen molar-refractivity contribution in [1.82, 2.24) is 10.3 Å². The molecule has 0 saturated carbocycles. The topological polar surface area (TPSA) is 41.3 Å². The van der Waals surface area contributed by atoms with E-state index in [-0.39, 0.29) is 6.04 Å². The van der Waals surface area contributed by atoms with E-state index in [2.05, 4.69) is 87.1 Å². The highest BCUT2D eigenvalue weighted by Gasteiger charge is 2.14. The normalized spacial score (nSPS) is 15.3. The molecule has 0 radical (unpaired) electrons. The highest BCUT2D eigenvalue weighted by atomic mass is 15.2. The summed E-state index contributed by atoms with van der Waals surface area (Å²) in [6.07, 6.45) is 13.1. The van der Waals surface area contributed by atoms with Gasteiger partial charge in [-0.2, -0.15) is 0 Å². The lowest BCUT2D eigenvalue weighted by atomic mass is 9.93. The third-order valence-corrected chi connectivity index (χ3v) is 5.42. The van der Waals surface area contributed by atoms with Crippen molar-refractivity contribution >= 4 is 11.6 Å². The van der Waals surface area contributed by atoms with Crippen LogP contribution in [0.25, 0.3) is 11.6 Å². The van der Waals surface area contributed by atoms with Crippen LogP contribution in [-0.4, -0.2) is 24.0 Å². The van der Waals surface area contributed by atoms with Gasteiger partial charge in [-0.15, -0.1) is 0 Å². The molecule has 0 heterocycles. The Morgan fingerprint density at radius 3 is 2.71 bits per heavy atom. The minimum Gasteiger partial charge on any atom is -0.372 e. The van der Waals surface area contributed by atoms with Crippen molar-refractivity contribution in [3.8, 4) is 0 Å². The van der Waals surface area contributed by atoms with Crippen molar-refractivity contribution in [2.24, 2.45) is 5.84 Å². The molecule has 28 heavy (non-hydrogen) atoms. The standard InChI is InChI=1S/C25H37N3/c1-6-15-28(7-2)21(5)25(17-20(4)27-26)18-23-13-14-24(16-19(23)3)22-11-9-8-10-12-22/h8-9,11,13-14,16,18,20,27H,5-7,10,12,15,17,26H2,1-4H3/b25-18+. The van der Waals surface area contributed by atoms with E-state index in [1.54, 1.807) is 0 Å². The van der Waals surface area contributed by atoms with Gasteiger partial charge in [0.25, 0.3) is 0 Å². The lowest BCUT2D eigenvalue weighted by Crippen LogP contribution is -2.34. The predicted octanol–water partition coefficient (Wildman–Crippen LogP) is 5.60. The Kier molecular flexibility index (Phi) is 8.75. The van der Waals surface area contributed by atoms with Gasteiger partial charge in [0.15, 0.2) is 0 Å². The van der Waals surface area contributed by atoms with Gasteiger partial charge in [-0.3, -0.25) is 11.3 Å². The molecule has 3 N–H and O–H groups in total. The summed E-state index contributed by atoms with van der Waals surface area (Å²) >= 11 is 0. The molecule has 3 nitrogen and oxygen atoms in total. The molecule has 1 atom stereocenters. The van der Waals surface area contributed by atoms with Crippen LogP contribution in [0.15, 0.2) is 54.3 Å². The number of hydrogen-bond acceptors (Lipinski definition) is 3. The highest BCUT2D eigenvalue weighted by molar-refractivity contribution is 5.71. The van der Waals surface area contributed by atoms with E-state index in [0.717, 1.165) is 44.5 Å². The number of likely N-dealkylation sites (N-methyl/N-ethyl adjacent to an activating group) is 1. The van der Waals surface area contributed by atoms with Crippen LogP contribution < -0.4 is 11.3 Å². The van der Waals surface area contributed by atoms with E-state index < -0.39 is 0 Å². The summed E-state index contributed by atoms with van der Waals surface area (Å²) in [6, 6.07) is 7.00. The van der Waals surface area contributed by atoms with Crippen LogP contribution in [-0.2, 0) is 0 Å². The minimum absolute atomic E-state index is 0.196. The second-order valence-corrected chi connectivity index (χ2v) is 7.70. The Morgan fingerprint density at radius 1 is 1.36 bits per heavy atom. The summed E-state index contributed by atoms with van der Waals surface area (Å²) in [4.78, 5) is 2.36. The molecule has 0 saturated heterocycles. The summed E-state index contributed by atoms with van der Waals surface area (Å²) in [5, 5.41) is 0. The second-order valence-electron chi connectivity index (χ2n) is 7.70.